The minimum absolute atomic E-state index is 0.0521. The van der Waals surface area contributed by atoms with Gasteiger partial charge in [-0.1, -0.05) is 84.4 Å². The third-order valence-electron chi connectivity index (χ3n) is 5.63. The van der Waals surface area contributed by atoms with E-state index < -0.39 is 0 Å². The highest BCUT2D eigenvalue weighted by atomic mass is 16.2. The predicted molar refractivity (Wildman–Crippen MR) is 124 cm³/mol. The molecule has 0 heterocycles. The topological polar surface area (TPSA) is 32.3 Å². The van der Waals surface area contributed by atoms with Crippen molar-refractivity contribution in [3.05, 3.63) is 107 Å². The van der Waals surface area contributed by atoms with E-state index >= 15 is 0 Å². The molecule has 0 saturated heterocycles. The van der Waals surface area contributed by atoms with Gasteiger partial charge in [-0.3, -0.25) is 0 Å². The first-order valence-electron chi connectivity index (χ1n) is 10.6. The first-order chi connectivity index (χ1) is 14.7. The molecule has 0 spiro atoms. The number of amides is 2. The molecule has 1 atom stereocenters. The molecule has 1 aliphatic carbocycles. The Balaban J connectivity index is 1.63. The predicted octanol–water partition coefficient (Wildman–Crippen LogP) is 6.70. The summed E-state index contributed by atoms with van der Waals surface area (Å²) in [6.45, 7) is 2.69. The Morgan fingerprint density at radius 3 is 2.40 bits per heavy atom. The summed E-state index contributed by atoms with van der Waals surface area (Å²) in [5.41, 5.74) is 5.77. The maximum absolute atomic E-state index is 13.4. The van der Waals surface area contributed by atoms with E-state index in [1.807, 2.05) is 53.4 Å². The van der Waals surface area contributed by atoms with Crippen molar-refractivity contribution in [2.75, 3.05) is 11.9 Å². The minimum Gasteiger partial charge on any atom is -0.313 e. The van der Waals surface area contributed by atoms with Gasteiger partial charge in [-0.2, -0.15) is 0 Å². The molecule has 3 aromatic carbocycles. The number of benzene rings is 3. The number of carbonyl (C=O) groups is 1. The summed E-state index contributed by atoms with van der Waals surface area (Å²) in [5.74, 6) is 0. The summed E-state index contributed by atoms with van der Waals surface area (Å²) < 4.78 is 0. The van der Waals surface area contributed by atoms with E-state index in [0.29, 0.717) is 6.54 Å². The second-order valence-electron chi connectivity index (χ2n) is 7.93. The average Bonchev–Trinajstić information content (AvgIpc) is 2.78. The molecule has 30 heavy (non-hydrogen) atoms. The lowest BCUT2D eigenvalue weighted by atomic mass is 9.86. The molecule has 3 nitrogen and oxygen atoms in total. The van der Waals surface area contributed by atoms with Gasteiger partial charge in [-0.25, -0.2) is 4.79 Å². The van der Waals surface area contributed by atoms with Gasteiger partial charge in [0.1, 0.15) is 0 Å². The molecule has 3 aromatic rings. The highest BCUT2D eigenvalue weighted by Crippen LogP contribution is 2.35. The number of rotatable bonds is 5. The highest BCUT2D eigenvalue weighted by molar-refractivity contribution is 5.90. The number of nitrogens with one attached hydrogen (secondary N) is 1. The number of para-hydroxylation sites is 1. The van der Waals surface area contributed by atoms with E-state index in [9.17, 15) is 4.79 Å². The number of hydrogen-bond donors (Lipinski definition) is 1. The van der Waals surface area contributed by atoms with Crippen LogP contribution in [0.5, 0.6) is 0 Å². The Labute approximate surface area is 179 Å². The molecule has 152 valence electrons. The molecule has 1 aliphatic rings. The summed E-state index contributed by atoms with van der Waals surface area (Å²) >= 11 is 0. The monoisotopic (exact) mass is 396 g/mol. The summed E-state index contributed by atoms with van der Waals surface area (Å²) in [5, 5.41) is 3.10. The van der Waals surface area contributed by atoms with Gasteiger partial charge in [0.2, 0.25) is 0 Å². The smallest absolute Gasteiger partial charge is 0.313 e. The van der Waals surface area contributed by atoms with Gasteiger partial charge in [0.15, 0.2) is 0 Å². The quantitative estimate of drug-likeness (QED) is 0.511. The fraction of sp³-hybridized carbons (Fsp3) is 0.222. The van der Waals surface area contributed by atoms with Gasteiger partial charge >= 0.3 is 6.03 Å². The number of anilines is 1. The van der Waals surface area contributed by atoms with Gasteiger partial charge in [-0.05, 0) is 55.0 Å². The molecule has 1 N–H and O–H groups in total. The standard InChI is InChI=1S/C27H28N2O/c1-21(19-22-11-4-2-5-12-22)20-29(27(30)28-24-15-6-3-7-16-24)26-18-10-14-23-13-8-9-17-25(23)26/h2-9,11-13,15-17,19,26H,10,14,18,20H2,1H3,(H,28,30)/b21-19+. The Morgan fingerprint density at radius 2 is 1.63 bits per heavy atom. The van der Waals surface area contributed by atoms with Crippen LogP contribution in [0.4, 0.5) is 10.5 Å². The van der Waals surface area contributed by atoms with Crippen LogP contribution in [0.2, 0.25) is 0 Å². The Morgan fingerprint density at radius 1 is 0.967 bits per heavy atom. The van der Waals surface area contributed by atoms with Crippen LogP contribution in [0.3, 0.4) is 0 Å². The van der Waals surface area contributed by atoms with Crippen LogP contribution >= 0.6 is 0 Å². The van der Waals surface area contributed by atoms with Crippen LogP contribution < -0.4 is 5.32 Å². The van der Waals surface area contributed by atoms with E-state index in [1.54, 1.807) is 0 Å². The van der Waals surface area contributed by atoms with Crippen LogP contribution in [0.25, 0.3) is 6.08 Å². The Bertz CT molecular complexity index is 1010. The van der Waals surface area contributed by atoms with Crippen molar-refractivity contribution in [2.45, 2.75) is 32.2 Å². The van der Waals surface area contributed by atoms with Gasteiger partial charge in [0.05, 0.1) is 6.04 Å². The highest BCUT2D eigenvalue weighted by Gasteiger charge is 2.29. The first kappa shape index (κ1) is 20.0. The van der Waals surface area contributed by atoms with E-state index in [-0.39, 0.29) is 12.1 Å². The van der Waals surface area contributed by atoms with Crippen LogP contribution in [-0.4, -0.2) is 17.5 Å². The molecule has 2 amide bonds. The lowest BCUT2D eigenvalue weighted by molar-refractivity contribution is 0.186. The second-order valence-corrected chi connectivity index (χ2v) is 7.93. The minimum atomic E-state index is -0.0521. The summed E-state index contributed by atoms with van der Waals surface area (Å²) in [6.07, 6.45) is 5.33. The van der Waals surface area contributed by atoms with Crippen LogP contribution in [0.15, 0.2) is 90.5 Å². The maximum atomic E-state index is 13.4. The number of urea groups is 1. The molecule has 0 bridgehead atoms. The van der Waals surface area contributed by atoms with Crippen LogP contribution in [-0.2, 0) is 6.42 Å². The molecule has 0 radical (unpaired) electrons. The van der Waals surface area contributed by atoms with Crippen molar-refractivity contribution in [1.29, 1.82) is 0 Å². The summed E-state index contributed by atoms with van der Waals surface area (Å²) in [6, 6.07) is 28.5. The molecule has 0 fully saturated rings. The van der Waals surface area contributed by atoms with E-state index in [2.05, 4.69) is 54.7 Å². The lowest BCUT2D eigenvalue weighted by Gasteiger charge is -2.36. The van der Waals surface area contributed by atoms with Gasteiger partial charge in [0, 0.05) is 12.2 Å². The molecule has 1 unspecified atom stereocenters. The zero-order valence-corrected chi connectivity index (χ0v) is 17.4. The first-order valence-corrected chi connectivity index (χ1v) is 10.6. The number of carbonyl (C=O) groups excluding carboxylic acids is 1. The molecule has 0 saturated carbocycles. The molecular weight excluding hydrogens is 368 g/mol. The van der Waals surface area contributed by atoms with Gasteiger partial charge < -0.3 is 10.2 Å². The normalized spacial score (nSPS) is 15.9. The SMILES string of the molecule is C/C(=C\c1ccccc1)CN(C(=O)Nc1ccccc1)C1CCCc2ccccc21. The van der Waals surface area contributed by atoms with Crippen molar-refractivity contribution in [2.24, 2.45) is 0 Å². The Hall–Kier alpha value is -3.33. The number of aryl methyl sites for hydroxylation is 1. The van der Waals surface area contributed by atoms with Crippen molar-refractivity contribution >= 4 is 17.8 Å². The molecule has 0 aliphatic heterocycles. The largest absolute Gasteiger partial charge is 0.322 e. The van der Waals surface area contributed by atoms with E-state index in [1.165, 1.54) is 11.1 Å². The molecular formula is C27H28N2O. The third-order valence-corrected chi connectivity index (χ3v) is 5.63. The zero-order valence-electron chi connectivity index (χ0n) is 17.4. The van der Waals surface area contributed by atoms with Crippen LogP contribution in [0, 0.1) is 0 Å². The molecule has 0 aromatic heterocycles. The third kappa shape index (κ3) is 4.80. The summed E-state index contributed by atoms with van der Waals surface area (Å²) in [4.78, 5) is 15.4. The van der Waals surface area contributed by atoms with E-state index in [0.717, 1.165) is 36.1 Å². The molecule has 3 heteroatoms. The van der Waals surface area contributed by atoms with Crippen LogP contribution in [0.1, 0.15) is 42.5 Å². The molecule has 4 rings (SSSR count). The average molecular weight is 397 g/mol. The number of nitrogens with zero attached hydrogens (tertiary/aromatic N) is 1. The van der Waals surface area contributed by atoms with Gasteiger partial charge in [0.25, 0.3) is 0 Å². The second kappa shape index (κ2) is 9.45. The van der Waals surface area contributed by atoms with Gasteiger partial charge in [-0.15, -0.1) is 0 Å². The maximum Gasteiger partial charge on any atom is 0.322 e. The fourth-order valence-corrected chi connectivity index (χ4v) is 4.24. The zero-order chi connectivity index (χ0) is 20.8. The number of fused-ring (bicyclic) bond motifs is 1. The van der Waals surface area contributed by atoms with Crippen molar-refractivity contribution < 1.29 is 4.79 Å². The summed E-state index contributed by atoms with van der Waals surface area (Å²) in [7, 11) is 0. The fourth-order valence-electron chi connectivity index (χ4n) is 4.24. The Kier molecular flexibility index (Phi) is 6.29. The van der Waals surface area contributed by atoms with Crippen molar-refractivity contribution in [1.82, 2.24) is 4.90 Å². The lowest BCUT2D eigenvalue weighted by Crippen LogP contribution is -2.40. The van der Waals surface area contributed by atoms with E-state index in [4.69, 9.17) is 0 Å². The number of hydrogen-bond acceptors (Lipinski definition) is 1. The van der Waals surface area contributed by atoms with Crippen molar-refractivity contribution in [3.63, 3.8) is 0 Å². The van der Waals surface area contributed by atoms with Crippen molar-refractivity contribution in [3.8, 4) is 0 Å².